The molecule has 0 saturated heterocycles. The van der Waals surface area contributed by atoms with Gasteiger partial charge in [0.2, 0.25) is 0 Å². The summed E-state index contributed by atoms with van der Waals surface area (Å²) in [5, 5.41) is 5.39. The van der Waals surface area contributed by atoms with Crippen molar-refractivity contribution in [2.45, 2.75) is 48.0 Å². The van der Waals surface area contributed by atoms with Crippen molar-refractivity contribution >= 4 is 24.8 Å². The number of aryl methyl sites for hydroxylation is 2. The normalized spacial score (nSPS) is 13.6. The van der Waals surface area contributed by atoms with Gasteiger partial charge in [0, 0.05) is 0 Å². The summed E-state index contributed by atoms with van der Waals surface area (Å²) in [6, 6.07) is 36.8. The summed E-state index contributed by atoms with van der Waals surface area (Å²) in [5.41, 5.74) is 7.05. The minimum atomic E-state index is 0. The molecule has 1 aliphatic rings. The molecular weight excluding hydrogens is 631 g/mol. The number of allylic oxidation sites excluding steroid dienone is 4. The largest absolute Gasteiger partial charge is 1.00 e. The molecule has 0 heterocycles. The van der Waals surface area contributed by atoms with Crippen LogP contribution in [0.15, 0.2) is 121 Å². The van der Waals surface area contributed by atoms with Crippen LogP contribution >= 0.6 is 0 Å². The summed E-state index contributed by atoms with van der Waals surface area (Å²) in [7, 11) is 0. The van der Waals surface area contributed by atoms with E-state index in [4.69, 9.17) is 0 Å². The minimum absolute atomic E-state index is 0. The second-order valence-corrected chi connectivity index (χ2v) is 12.9. The molecule has 0 N–H and O–H groups in total. The molecule has 0 saturated carbocycles. The van der Waals surface area contributed by atoms with Crippen molar-refractivity contribution in [3.8, 4) is 0 Å². The molecule has 0 amide bonds. The molecule has 3 heteroatoms. The summed E-state index contributed by atoms with van der Waals surface area (Å²) in [4.78, 5) is 0. The SMILES string of the molecule is CCC1[C-]=CC(C(C)(C)C)=C1.Cc1ccc([C](=[Zr+2])c2ccc(C)cc2)cc1.[Cl-].[Cl-].c1ccc2c(c1)[cH-]c1ccccc12. The van der Waals surface area contributed by atoms with Gasteiger partial charge in [0.1, 0.15) is 0 Å². The van der Waals surface area contributed by atoms with Gasteiger partial charge in [-0.05, 0) is 0 Å². The molecule has 6 rings (SSSR count). The number of hydrogen-bond donors (Lipinski definition) is 0. The number of halogens is 2. The van der Waals surface area contributed by atoms with E-state index in [-0.39, 0.29) is 24.8 Å². The van der Waals surface area contributed by atoms with Crippen LogP contribution in [0.25, 0.3) is 21.5 Å². The molecule has 0 aliphatic heterocycles. The van der Waals surface area contributed by atoms with Crippen LogP contribution in [0.4, 0.5) is 0 Å². The van der Waals surface area contributed by atoms with Crippen LogP contribution in [-0.4, -0.2) is 3.21 Å². The predicted molar refractivity (Wildman–Crippen MR) is 172 cm³/mol. The van der Waals surface area contributed by atoms with Gasteiger partial charge in [0.25, 0.3) is 0 Å². The van der Waals surface area contributed by atoms with Crippen LogP contribution in [0.1, 0.15) is 56.4 Å². The third-order valence-electron chi connectivity index (χ3n) is 7.34. The number of benzene rings is 4. The zero-order valence-electron chi connectivity index (χ0n) is 25.5. The third-order valence-corrected chi connectivity index (χ3v) is 8.76. The fraction of sp³-hybridized carbons (Fsp3) is 0.231. The van der Waals surface area contributed by atoms with E-state index in [1.165, 1.54) is 83.2 Å². The Bertz CT molecular complexity index is 1530. The number of hydrogen-bond acceptors (Lipinski definition) is 0. The van der Waals surface area contributed by atoms with E-state index in [9.17, 15) is 0 Å². The summed E-state index contributed by atoms with van der Waals surface area (Å²) in [6.45, 7) is 13.2. The van der Waals surface area contributed by atoms with Gasteiger partial charge in [0.05, 0.1) is 0 Å². The molecule has 0 spiro atoms. The van der Waals surface area contributed by atoms with E-state index in [0.29, 0.717) is 11.3 Å². The molecular formula is C39H40Cl2Zr-2. The second-order valence-electron chi connectivity index (χ2n) is 11.6. The van der Waals surface area contributed by atoms with E-state index in [2.05, 4.69) is 163 Å². The molecule has 0 radical (unpaired) electrons. The second kappa shape index (κ2) is 16.4. The molecule has 0 nitrogen and oxygen atoms in total. The van der Waals surface area contributed by atoms with Crippen LogP contribution in [-0.2, 0) is 24.2 Å². The Morgan fingerprint density at radius 1 is 0.714 bits per heavy atom. The van der Waals surface area contributed by atoms with Crippen molar-refractivity contribution in [3.63, 3.8) is 0 Å². The Labute approximate surface area is 280 Å². The first-order valence-corrected chi connectivity index (χ1v) is 15.5. The summed E-state index contributed by atoms with van der Waals surface area (Å²) in [5.74, 6) is 0.573. The summed E-state index contributed by atoms with van der Waals surface area (Å²) < 4.78 is 1.42. The third kappa shape index (κ3) is 9.54. The smallest absolute Gasteiger partial charge is 0.0771 e. The van der Waals surface area contributed by atoms with Gasteiger partial charge < -0.3 is 24.8 Å². The Hall–Kier alpha value is -2.44. The predicted octanol–water partition coefficient (Wildman–Crippen LogP) is 4.50. The van der Waals surface area contributed by atoms with Crippen LogP contribution in [0.2, 0.25) is 0 Å². The first-order chi connectivity index (χ1) is 19.2. The number of fused-ring (bicyclic) bond motifs is 3. The molecule has 0 fully saturated rings. The maximum Gasteiger partial charge on any atom is -0.0771 e. The van der Waals surface area contributed by atoms with E-state index in [1.54, 1.807) is 0 Å². The molecule has 216 valence electrons. The monoisotopic (exact) mass is 668 g/mol. The topological polar surface area (TPSA) is 0 Å². The molecule has 0 bridgehead atoms. The quantitative estimate of drug-likeness (QED) is 0.248. The average molecular weight is 671 g/mol. The molecule has 1 aliphatic carbocycles. The van der Waals surface area contributed by atoms with Gasteiger partial charge in [-0.3, -0.25) is 6.08 Å². The van der Waals surface area contributed by atoms with E-state index in [1.807, 2.05) is 0 Å². The van der Waals surface area contributed by atoms with Crippen molar-refractivity contribution in [3.05, 3.63) is 149 Å². The van der Waals surface area contributed by atoms with Gasteiger partial charge >= 0.3 is 112 Å². The zero-order chi connectivity index (χ0) is 28.7. The van der Waals surface area contributed by atoms with Gasteiger partial charge in [-0.1, -0.05) is 81.8 Å². The Morgan fingerprint density at radius 2 is 1.14 bits per heavy atom. The maximum atomic E-state index is 3.35. The van der Waals surface area contributed by atoms with Crippen molar-refractivity contribution in [1.82, 2.24) is 0 Å². The first-order valence-electron chi connectivity index (χ1n) is 14.2. The fourth-order valence-corrected chi connectivity index (χ4v) is 5.54. The standard InChI is InChI=1S/C15H14.C13H9.C11H17.2ClH.Zr/c1-12-3-7-14(8-4-12)11-15-9-5-13(2)6-10-15;1-3-7-12-10(5-1)9-11-6-2-4-8-13(11)12;1-5-9-6-7-10(8-9)11(2,3)4;;;/h3-10H,1-2H3;1-9H;7-9H,5H2,1-4H3;2*1H;/q;2*-1;;;+2/p-2. The van der Waals surface area contributed by atoms with Gasteiger partial charge in [0.15, 0.2) is 0 Å². The van der Waals surface area contributed by atoms with E-state index in [0.717, 1.165) is 0 Å². The zero-order valence-corrected chi connectivity index (χ0v) is 29.5. The Kier molecular flexibility index (Phi) is 14.0. The minimum Gasteiger partial charge on any atom is -1.00 e. The van der Waals surface area contributed by atoms with E-state index < -0.39 is 0 Å². The fourth-order valence-electron chi connectivity index (χ4n) is 4.72. The molecule has 1 atom stereocenters. The van der Waals surface area contributed by atoms with Gasteiger partial charge in [-0.25, -0.2) is 6.08 Å². The molecule has 0 aromatic heterocycles. The Morgan fingerprint density at radius 3 is 1.50 bits per heavy atom. The van der Waals surface area contributed by atoms with Crippen molar-refractivity contribution in [2.75, 3.05) is 0 Å². The van der Waals surface area contributed by atoms with Crippen LogP contribution in [0, 0.1) is 31.3 Å². The molecule has 5 aromatic carbocycles. The van der Waals surface area contributed by atoms with Crippen molar-refractivity contribution < 1.29 is 49.0 Å². The van der Waals surface area contributed by atoms with Crippen LogP contribution in [0.5, 0.6) is 0 Å². The summed E-state index contributed by atoms with van der Waals surface area (Å²) in [6.07, 6.45) is 9.00. The average Bonchev–Trinajstić information content (AvgIpc) is 3.60. The van der Waals surface area contributed by atoms with Crippen LogP contribution < -0.4 is 24.8 Å². The van der Waals surface area contributed by atoms with Gasteiger partial charge in [-0.2, -0.15) is 11.6 Å². The van der Waals surface area contributed by atoms with Crippen LogP contribution in [0.3, 0.4) is 0 Å². The molecule has 42 heavy (non-hydrogen) atoms. The summed E-state index contributed by atoms with van der Waals surface area (Å²) >= 11 is 1.46. The maximum absolute atomic E-state index is 3.35. The van der Waals surface area contributed by atoms with Gasteiger partial charge in [-0.15, -0.1) is 39.7 Å². The first kappa shape index (κ1) is 35.8. The Balaban J connectivity index is 0.000000219. The van der Waals surface area contributed by atoms with E-state index >= 15 is 0 Å². The van der Waals surface area contributed by atoms with Crippen molar-refractivity contribution in [1.29, 1.82) is 0 Å². The molecule has 1 unspecified atom stereocenters. The number of rotatable bonds is 3. The van der Waals surface area contributed by atoms with Crippen molar-refractivity contribution in [2.24, 2.45) is 11.3 Å². The molecule has 5 aromatic rings.